The molecule has 0 spiro atoms. The largest absolute Gasteiger partial charge is 0.305 e. The van der Waals surface area contributed by atoms with Crippen LogP contribution in [0, 0.1) is 0 Å². The third-order valence-electron chi connectivity index (χ3n) is 3.78. The molecular formula is C14H22N2O2. The molecule has 2 rings (SSSR count). The van der Waals surface area contributed by atoms with Crippen molar-refractivity contribution >= 4 is 11.8 Å². The second kappa shape index (κ2) is 6.14. The maximum absolute atomic E-state index is 11.9. The minimum atomic E-state index is -0.290. The monoisotopic (exact) mass is 250 g/mol. The van der Waals surface area contributed by atoms with Gasteiger partial charge in [0, 0.05) is 6.54 Å². The zero-order valence-electron chi connectivity index (χ0n) is 11.1. The van der Waals surface area contributed by atoms with Crippen LogP contribution < -0.4 is 5.32 Å². The number of carbonyl (C=O) groups is 2. The van der Waals surface area contributed by atoms with Gasteiger partial charge in [0.25, 0.3) is 0 Å². The fourth-order valence-corrected chi connectivity index (χ4v) is 2.71. The summed E-state index contributed by atoms with van der Waals surface area (Å²) in [5.74, 6) is -0.1000. The smallest absolute Gasteiger partial charge is 0.246 e. The molecule has 1 aliphatic heterocycles. The predicted octanol–water partition coefficient (Wildman–Crippen LogP) is 1.61. The van der Waals surface area contributed by atoms with Gasteiger partial charge in [0.15, 0.2) is 0 Å². The molecule has 0 radical (unpaired) electrons. The first-order chi connectivity index (χ1) is 8.72. The topological polar surface area (TPSA) is 49.4 Å². The molecule has 1 saturated heterocycles. The molecule has 1 heterocycles. The van der Waals surface area contributed by atoms with Gasteiger partial charge in [-0.15, -0.1) is 0 Å². The number of amides is 2. The molecule has 0 aromatic heterocycles. The lowest BCUT2D eigenvalue weighted by molar-refractivity contribution is -0.138. The highest BCUT2D eigenvalue weighted by Crippen LogP contribution is 2.20. The summed E-state index contributed by atoms with van der Waals surface area (Å²) in [6.07, 6.45) is 8.63. The molecular weight excluding hydrogens is 228 g/mol. The lowest BCUT2D eigenvalue weighted by Crippen LogP contribution is -2.39. The van der Waals surface area contributed by atoms with Crippen molar-refractivity contribution in [3.63, 3.8) is 0 Å². The molecule has 0 saturated carbocycles. The second-order valence-electron chi connectivity index (χ2n) is 5.05. The van der Waals surface area contributed by atoms with Gasteiger partial charge < -0.3 is 5.32 Å². The SMILES string of the molecule is CCN1C(=O)CC(NCCC2=CCCCC2)C1=O. The van der Waals surface area contributed by atoms with Gasteiger partial charge in [-0.2, -0.15) is 0 Å². The van der Waals surface area contributed by atoms with Crippen molar-refractivity contribution in [1.29, 1.82) is 0 Å². The average Bonchev–Trinajstić information content (AvgIpc) is 2.65. The van der Waals surface area contributed by atoms with Crippen molar-refractivity contribution in [2.75, 3.05) is 13.1 Å². The summed E-state index contributed by atoms with van der Waals surface area (Å²) in [6.45, 7) is 3.12. The summed E-state index contributed by atoms with van der Waals surface area (Å²) in [7, 11) is 0. The van der Waals surface area contributed by atoms with E-state index in [1.54, 1.807) is 0 Å². The zero-order chi connectivity index (χ0) is 13.0. The number of hydrogen-bond acceptors (Lipinski definition) is 3. The summed E-state index contributed by atoms with van der Waals surface area (Å²) in [5, 5.41) is 3.22. The molecule has 100 valence electrons. The van der Waals surface area contributed by atoms with Crippen LogP contribution in [0.4, 0.5) is 0 Å². The summed E-state index contributed by atoms with van der Waals surface area (Å²) < 4.78 is 0. The third kappa shape index (κ3) is 2.99. The number of hydrogen-bond donors (Lipinski definition) is 1. The number of nitrogens with one attached hydrogen (secondary N) is 1. The Balaban J connectivity index is 1.75. The van der Waals surface area contributed by atoms with E-state index < -0.39 is 0 Å². The molecule has 0 bridgehead atoms. The Morgan fingerprint density at radius 1 is 1.39 bits per heavy atom. The first-order valence-electron chi connectivity index (χ1n) is 6.98. The molecule has 2 aliphatic rings. The van der Waals surface area contributed by atoms with Crippen LogP contribution >= 0.6 is 0 Å². The van der Waals surface area contributed by atoms with Gasteiger partial charge in [0.05, 0.1) is 12.5 Å². The van der Waals surface area contributed by atoms with Crippen LogP contribution in [-0.2, 0) is 9.59 Å². The molecule has 1 N–H and O–H groups in total. The Labute approximate surface area is 108 Å². The number of allylic oxidation sites excluding steroid dienone is 1. The van der Waals surface area contributed by atoms with E-state index in [4.69, 9.17) is 0 Å². The molecule has 4 heteroatoms. The summed E-state index contributed by atoms with van der Waals surface area (Å²) in [6, 6.07) is -0.290. The molecule has 2 amide bonds. The van der Waals surface area contributed by atoms with E-state index in [2.05, 4.69) is 11.4 Å². The number of rotatable bonds is 5. The molecule has 4 nitrogen and oxygen atoms in total. The summed E-state index contributed by atoms with van der Waals surface area (Å²) in [4.78, 5) is 24.7. The number of likely N-dealkylation sites (N-methyl/N-ethyl adjacent to an activating group) is 1. The van der Waals surface area contributed by atoms with Gasteiger partial charge in [-0.05, 0) is 45.6 Å². The van der Waals surface area contributed by atoms with E-state index in [0.717, 1.165) is 13.0 Å². The molecule has 1 aliphatic carbocycles. The Kier molecular flexibility index (Phi) is 4.53. The molecule has 0 aromatic carbocycles. The van der Waals surface area contributed by atoms with Crippen molar-refractivity contribution in [3.8, 4) is 0 Å². The van der Waals surface area contributed by atoms with Crippen LogP contribution in [0.3, 0.4) is 0 Å². The zero-order valence-corrected chi connectivity index (χ0v) is 11.1. The van der Waals surface area contributed by atoms with E-state index in [-0.39, 0.29) is 17.9 Å². The quantitative estimate of drug-likeness (QED) is 0.596. The van der Waals surface area contributed by atoms with Gasteiger partial charge in [0.2, 0.25) is 11.8 Å². The lowest BCUT2D eigenvalue weighted by atomic mass is 9.97. The molecule has 18 heavy (non-hydrogen) atoms. The van der Waals surface area contributed by atoms with Crippen molar-refractivity contribution < 1.29 is 9.59 Å². The van der Waals surface area contributed by atoms with Crippen LogP contribution in [0.25, 0.3) is 0 Å². The Hall–Kier alpha value is -1.16. The normalized spacial score (nSPS) is 24.6. The van der Waals surface area contributed by atoms with E-state index in [0.29, 0.717) is 13.0 Å². The fourth-order valence-electron chi connectivity index (χ4n) is 2.71. The number of carbonyl (C=O) groups excluding carboxylic acids is 2. The first-order valence-corrected chi connectivity index (χ1v) is 6.98. The van der Waals surface area contributed by atoms with Crippen LogP contribution in [-0.4, -0.2) is 35.8 Å². The molecule has 1 fully saturated rings. The Morgan fingerprint density at radius 3 is 2.83 bits per heavy atom. The van der Waals surface area contributed by atoms with Crippen molar-refractivity contribution in [2.24, 2.45) is 0 Å². The first kappa shape index (κ1) is 13.3. The van der Waals surface area contributed by atoms with Gasteiger partial charge >= 0.3 is 0 Å². The van der Waals surface area contributed by atoms with E-state index in [1.165, 1.54) is 36.2 Å². The third-order valence-corrected chi connectivity index (χ3v) is 3.78. The maximum Gasteiger partial charge on any atom is 0.246 e. The average molecular weight is 250 g/mol. The Morgan fingerprint density at radius 2 is 2.22 bits per heavy atom. The second-order valence-corrected chi connectivity index (χ2v) is 5.05. The van der Waals surface area contributed by atoms with E-state index in [9.17, 15) is 9.59 Å². The van der Waals surface area contributed by atoms with Gasteiger partial charge in [-0.1, -0.05) is 11.6 Å². The number of nitrogens with zero attached hydrogens (tertiary/aromatic N) is 1. The van der Waals surface area contributed by atoms with E-state index >= 15 is 0 Å². The van der Waals surface area contributed by atoms with Crippen molar-refractivity contribution in [1.82, 2.24) is 10.2 Å². The van der Waals surface area contributed by atoms with E-state index in [1.807, 2.05) is 6.92 Å². The molecule has 1 unspecified atom stereocenters. The predicted molar refractivity (Wildman–Crippen MR) is 70.0 cm³/mol. The highest BCUT2D eigenvalue weighted by atomic mass is 16.2. The number of imide groups is 1. The van der Waals surface area contributed by atoms with Gasteiger partial charge in [0.1, 0.15) is 0 Å². The minimum Gasteiger partial charge on any atom is -0.305 e. The van der Waals surface area contributed by atoms with Crippen LogP contribution in [0.2, 0.25) is 0 Å². The van der Waals surface area contributed by atoms with Crippen LogP contribution in [0.5, 0.6) is 0 Å². The summed E-state index contributed by atoms with van der Waals surface area (Å²) in [5.41, 5.74) is 1.50. The van der Waals surface area contributed by atoms with Gasteiger partial charge in [-0.25, -0.2) is 0 Å². The minimum absolute atomic E-state index is 0.0446. The van der Waals surface area contributed by atoms with Crippen LogP contribution in [0.1, 0.15) is 45.4 Å². The molecule has 0 aromatic rings. The number of likely N-dealkylation sites (tertiary alicyclic amines) is 1. The highest BCUT2D eigenvalue weighted by molar-refractivity contribution is 6.05. The highest BCUT2D eigenvalue weighted by Gasteiger charge is 2.36. The molecule has 1 atom stereocenters. The standard InChI is InChI=1S/C14H22N2O2/c1-2-16-13(17)10-12(14(16)18)15-9-8-11-6-4-3-5-7-11/h6,12,15H,2-5,7-10H2,1H3. The lowest BCUT2D eigenvalue weighted by Gasteiger charge is -2.15. The van der Waals surface area contributed by atoms with Gasteiger partial charge in [-0.3, -0.25) is 14.5 Å². The van der Waals surface area contributed by atoms with Crippen molar-refractivity contribution in [3.05, 3.63) is 11.6 Å². The Bertz CT molecular complexity index is 363. The maximum atomic E-state index is 11.9. The van der Waals surface area contributed by atoms with Crippen molar-refractivity contribution in [2.45, 2.75) is 51.5 Å². The summed E-state index contributed by atoms with van der Waals surface area (Å²) >= 11 is 0. The van der Waals surface area contributed by atoms with Crippen LogP contribution in [0.15, 0.2) is 11.6 Å². The fraction of sp³-hybridized carbons (Fsp3) is 0.714.